The van der Waals surface area contributed by atoms with Gasteiger partial charge in [-0.25, -0.2) is 9.18 Å². The van der Waals surface area contributed by atoms with Gasteiger partial charge in [-0.15, -0.1) is 0 Å². The lowest BCUT2D eigenvalue weighted by molar-refractivity contribution is -0.139. The summed E-state index contributed by atoms with van der Waals surface area (Å²) in [6.07, 6.45) is 0. The third-order valence-electron chi connectivity index (χ3n) is 2.92. The van der Waals surface area contributed by atoms with E-state index < -0.39 is 23.7 Å². The van der Waals surface area contributed by atoms with Crippen LogP contribution in [0.2, 0.25) is 10.0 Å². The van der Waals surface area contributed by atoms with Gasteiger partial charge in [0.1, 0.15) is 5.82 Å². The molecule has 0 saturated carbocycles. The van der Waals surface area contributed by atoms with Crippen molar-refractivity contribution in [3.8, 4) is 0 Å². The SMILES string of the molecule is O=C(NC(C(=O)O)c1ccc(F)cc1)c1c(Cl)cccc1Cl. The molecule has 0 fully saturated rings. The third kappa shape index (κ3) is 3.55. The van der Waals surface area contributed by atoms with Gasteiger partial charge in [-0.3, -0.25) is 4.79 Å². The first-order valence-electron chi connectivity index (χ1n) is 6.13. The van der Waals surface area contributed by atoms with Crippen LogP contribution in [-0.4, -0.2) is 17.0 Å². The van der Waals surface area contributed by atoms with E-state index in [1.165, 1.54) is 24.3 Å². The van der Waals surface area contributed by atoms with Crippen molar-refractivity contribution in [3.05, 3.63) is 69.5 Å². The molecule has 2 aromatic rings. The maximum Gasteiger partial charge on any atom is 0.330 e. The molecule has 0 heterocycles. The Hall–Kier alpha value is -2.11. The van der Waals surface area contributed by atoms with Crippen LogP contribution >= 0.6 is 23.2 Å². The molecule has 2 aromatic carbocycles. The smallest absolute Gasteiger partial charge is 0.330 e. The third-order valence-corrected chi connectivity index (χ3v) is 3.55. The van der Waals surface area contributed by atoms with E-state index in [9.17, 15) is 19.1 Å². The van der Waals surface area contributed by atoms with Crippen LogP contribution in [0.4, 0.5) is 4.39 Å². The molecule has 1 amide bonds. The van der Waals surface area contributed by atoms with Crippen LogP contribution in [0.1, 0.15) is 22.0 Å². The zero-order valence-electron chi connectivity index (χ0n) is 11.0. The number of halogens is 3. The summed E-state index contributed by atoms with van der Waals surface area (Å²) in [6, 6.07) is 7.94. The summed E-state index contributed by atoms with van der Waals surface area (Å²) in [5.41, 5.74) is 0.213. The Bertz CT molecular complexity index is 699. The van der Waals surface area contributed by atoms with Gasteiger partial charge in [-0.2, -0.15) is 0 Å². The summed E-state index contributed by atoms with van der Waals surface area (Å²) in [6.45, 7) is 0. The minimum Gasteiger partial charge on any atom is -0.479 e. The predicted octanol–water partition coefficient (Wildman–Crippen LogP) is 3.69. The van der Waals surface area contributed by atoms with Crippen LogP contribution < -0.4 is 5.32 Å². The van der Waals surface area contributed by atoms with Crippen molar-refractivity contribution < 1.29 is 19.1 Å². The maximum absolute atomic E-state index is 12.9. The fourth-order valence-corrected chi connectivity index (χ4v) is 2.43. The van der Waals surface area contributed by atoms with E-state index in [2.05, 4.69) is 5.32 Å². The minimum absolute atomic E-state index is 0.0146. The maximum atomic E-state index is 12.9. The minimum atomic E-state index is -1.35. The van der Waals surface area contributed by atoms with Gasteiger partial charge < -0.3 is 10.4 Å². The summed E-state index contributed by atoms with van der Waals surface area (Å²) in [5.74, 6) is -2.52. The molecule has 0 bridgehead atoms. The van der Waals surface area contributed by atoms with Crippen LogP contribution in [0.25, 0.3) is 0 Å². The number of rotatable bonds is 4. The average Bonchev–Trinajstić information content (AvgIpc) is 2.45. The highest BCUT2D eigenvalue weighted by Crippen LogP contribution is 2.25. The van der Waals surface area contributed by atoms with Crippen molar-refractivity contribution in [2.24, 2.45) is 0 Å². The van der Waals surface area contributed by atoms with Crippen LogP contribution in [0, 0.1) is 5.82 Å². The van der Waals surface area contributed by atoms with Crippen molar-refractivity contribution >= 4 is 35.1 Å². The number of aliphatic carboxylic acids is 1. The highest BCUT2D eigenvalue weighted by Gasteiger charge is 2.24. The van der Waals surface area contributed by atoms with E-state index in [1.807, 2.05) is 0 Å². The van der Waals surface area contributed by atoms with E-state index in [4.69, 9.17) is 23.2 Å². The highest BCUT2D eigenvalue weighted by atomic mass is 35.5. The first-order valence-corrected chi connectivity index (χ1v) is 6.89. The molecule has 0 aromatic heterocycles. The molecule has 114 valence electrons. The molecule has 2 N–H and O–H groups in total. The second-order valence-electron chi connectivity index (χ2n) is 4.39. The van der Waals surface area contributed by atoms with Crippen LogP contribution in [0.5, 0.6) is 0 Å². The summed E-state index contributed by atoms with van der Waals surface area (Å²) >= 11 is 11.8. The van der Waals surface area contributed by atoms with E-state index >= 15 is 0 Å². The molecule has 1 unspecified atom stereocenters. The Morgan fingerprint density at radius 1 is 1.05 bits per heavy atom. The molecule has 0 aliphatic heterocycles. The van der Waals surface area contributed by atoms with Crippen molar-refractivity contribution in [1.29, 1.82) is 0 Å². The Morgan fingerprint density at radius 3 is 2.09 bits per heavy atom. The van der Waals surface area contributed by atoms with Crippen molar-refractivity contribution in [3.63, 3.8) is 0 Å². The Balaban J connectivity index is 2.30. The summed E-state index contributed by atoms with van der Waals surface area (Å²) < 4.78 is 12.9. The van der Waals surface area contributed by atoms with Crippen LogP contribution in [-0.2, 0) is 4.79 Å². The molecular weight excluding hydrogens is 332 g/mol. The predicted molar refractivity (Wildman–Crippen MR) is 80.7 cm³/mol. The summed E-state index contributed by atoms with van der Waals surface area (Å²) in [5, 5.41) is 11.8. The molecule has 1 atom stereocenters. The van der Waals surface area contributed by atoms with Crippen LogP contribution in [0.3, 0.4) is 0 Å². The second-order valence-corrected chi connectivity index (χ2v) is 5.21. The number of benzene rings is 2. The first kappa shape index (κ1) is 16.3. The Kier molecular flexibility index (Phi) is 5.00. The van der Waals surface area contributed by atoms with Gasteiger partial charge in [-0.05, 0) is 29.8 Å². The standard InChI is InChI=1S/C15H10Cl2FNO3/c16-10-2-1-3-11(17)12(10)14(20)19-13(15(21)22)8-4-6-9(18)7-5-8/h1-7,13H,(H,19,20)(H,21,22). The molecular formula is C15H10Cl2FNO3. The molecule has 0 spiro atoms. The van der Waals surface area contributed by atoms with Gasteiger partial charge in [-0.1, -0.05) is 41.4 Å². The average molecular weight is 342 g/mol. The molecule has 4 nitrogen and oxygen atoms in total. The Labute approximate surface area is 135 Å². The largest absolute Gasteiger partial charge is 0.479 e. The lowest BCUT2D eigenvalue weighted by atomic mass is 10.1. The number of carboxylic acids is 1. The topological polar surface area (TPSA) is 66.4 Å². The lowest BCUT2D eigenvalue weighted by Gasteiger charge is -2.16. The van der Waals surface area contributed by atoms with Gasteiger partial charge in [0, 0.05) is 0 Å². The van der Waals surface area contributed by atoms with E-state index in [0.29, 0.717) is 0 Å². The fraction of sp³-hybridized carbons (Fsp3) is 0.0667. The number of carboxylic acid groups (broad SMARTS) is 1. The highest BCUT2D eigenvalue weighted by molar-refractivity contribution is 6.39. The number of carbonyl (C=O) groups is 2. The van der Waals surface area contributed by atoms with Crippen LogP contribution in [0.15, 0.2) is 42.5 Å². The number of hydrogen-bond donors (Lipinski definition) is 2. The zero-order valence-corrected chi connectivity index (χ0v) is 12.5. The monoisotopic (exact) mass is 341 g/mol. The van der Waals surface area contributed by atoms with Gasteiger partial charge in [0.25, 0.3) is 5.91 Å². The van der Waals surface area contributed by atoms with Gasteiger partial charge in [0.05, 0.1) is 15.6 Å². The van der Waals surface area contributed by atoms with Gasteiger partial charge in [0.15, 0.2) is 6.04 Å². The quantitative estimate of drug-likeness (QED) is 0.891. The van der Waals surface area contributed by atoms with E-state index in [1.54, 1.807) is 6.07 Å². The van der Waals surface area contributed by atoms with Gasteiger partial charge in [0.2, 0.25) is 0 Å². The Morgan fingerprint density at radius 2 is 1.59 bits per heavy atom. The number of hydrogen-bond acceptors (Lipinski definition) is 2. The molecule has 0 saturated heterocycles. The molecule has 22 heavy (non-hydrogen) atoms. The van der Waals surface area contributed by atoms with Crippen molar-refractivity contribution in [2.75, 3.05) is 0 Å². The molecule has 0 aliphatic carbocycles. The number of carbonyl (C=O) groups excluding carboxylic acids is 1. The number of nitrogens with one attached hydrogen (secondary N) is 1. The van der Waals surface area contributed by atoms with Gasteiger partial charge >= 0.3 is 5.97 Å². The zero-order chi connectivity index (χ0) is 16.3. The molecule has 2 rings (SSSR count). The van der Waals surface area contributed by atoms with E-state index in [-0.39, 0.29) is 21.2 Å². The van der Waals surface area contributed by atoms with E-state index in [0.717, 1.165) is 12.1 Å². The molecule has 0 radical (unpaired) electrons. The summed E-state index contributed by atoms with van der Waals surface area (Å²) in [7, 11) is 0. The normalized spacial score (nSPS) is 11.8. The lowest BCUT2D eigenvalue weighted by Crippen LogP contribution is -2.34. The first-order chi connectivity index (χ1) is 10.4. The van der Waals surface area contributed by atoms with Crippen molar-refractivity contribution in [2.45, 2.75) is 6.04 Å². The molecule has 0 aliphatic rings. The number of amides is 1. The molecule has 7 heteroatoms. The van der Waals surface area contributed by atoms with Crippen molar-refractivity contribution in [1.82, 2.24) is 5.32 Å². The summed E-state index contributed by atoms with van der Waals surface area (Å²) in [4.78, 5) is 23.6. The second kappa shape index (κ2) is 6.77. The fourth-order valence-electron chi connectivity index (χ4n) is 1.86.